The molecule has 1 N–H and O–H groups in total. The summed E-state index contributed by atoms with van der Waals surface area (Å²) in [6.45, 7) is 3.19. The van der Waals surface area contributed by atoms with Crippen molar-refractivity contribution in [1.82, 2.24) is 15.1 Å². The summed E-state index contributed by atoms with van der Waals surface area (Å²) < 4.78 is 38.9. The molecule has 0 aromatic heterocycles. The van der Waals surface area contributed by atoms with Gasteiger partial charge < -0.3 is 15.1 Å². The van der Waals surface area contributed by atoms with Crippen LogP contribution in [-0.2, 0) is 15.8 Å². The highest BCUT2D eigenvalue weighted by Crippen LogP contribution is 2.42. The summed E-state index contributed by atoms with van der Waals surface area (Å²) in [5, 5.41) is 3.17. The lowest BCUT2D eigenvalue weighted by molar-refractivity contribution is -0.137. The van der Waals surface area contributed by atoms with Crippen LogP contribution in [0.15, 0.2) is 47.0 Å². The van der Waals surface area contributed by atoms with Gasteiger partial charge in [0.2, 0.25) is 5.91 Å². The zero-order chi connectivity index (χ0) is 23.6. The largest absolute Gasteiger partial charge is 0.416 e. The predicted octanol–water partition coefficient (Wildman–Crippen LogP) is 3.08. The minimum Gasteiger partial charge on any atom is -0.369 e. The van der Waals surface area contributed by atoms with Crippen molar-refractivity contribution in [2.75, 3.05) is 51.2 Å². The molecule has 0 saturated carbocycles. The second kappa shape index (κ2) is 9.80. The Bertz CT molecular complexity index is 971. The molecular weight excluding hydrogens is 453 g/mol. The summed E-state index contributed by atoms with van der Waals surface area (Å²) in [4.78, 5) is 31.2. The number of nitrogens with one attached hydrogen (secondary N) is 1. The maximum atomic E-state index is 13.0. The average molecular weight is 481 g/mol. The third-order valence-electron chi connectivity index (χ3n) is 6.13. The second-order valence-corrected chi connectivity index (χ2v) is 9.69. The minimum atomic E-state index is -4.36. The molecule has 1 aromatic rings. The molecule has 2 heterocycles. The van der Waals surface area contributed by atoms with Gasteiger partial charge >= 0.3 is 6.18 Å². The highest BCUT2D eigenvalue weighted by atomic mass is 32.2. The Balaban J connectivity index is 1.18. The molecule has 1 amide bonds. The van der Waals surface area contributed by atoms with Crippen LogP contribution in [0, 0.1) is 0 Å². The minimum absolute atomic E-state index is 0.0547. The van der Waals surface area contributed by atoms with Crippen molar-refractivity contribution in [2.24, 2.45) is 0 Å². The Hall–Kier alpha value is -2.46. The molecule has 4 rings (SSSR count). The van der Waals surface area contributed by atoms with Crippen LogP contribution < -0.4 is 10.2 Å². The molecule has 3 aliphatic rings. The summed E-state index contributed by atoms with van der Waals surface area (Å²) in [5.74, 6) is 0.0673. The summed E-state index contributed by atoms with van der Waals surface area (Å²) in [7, 11) is 2.01. The molecule has 33 heavy (non-hydrogen) atoms. The third-order valence-corrected chi connectivity index (χ3v) is 7.59. The van der Waals surface area contributed by atoms with E-state index in [0.29, 0.717) is 44.8 Å². The number of anilines is 1. The molecule has 1 aliphatic carbocycles. The number of thioether (sulfide) groups is 1. The third kappa shape index (κ3) is 5.73. The molecule has 10 heteroatoms. The maximum Gasteiger partial charge on any atom is 0.416 e. The summed E-state index contributed by atoms with van der Waals surface area (Å²) in [6, 6.07) is 5.37. The van der Waals surface area contributed by atoms with Crippen LogP contribution in [0.5, 0.6) is 0 Å². The molecule has 1 aromatic carbocycles. The fraction of sp³-hybridized carbons (Fsp3) is 0.478. The van der Waals surface area contributed by atoms with Crippen LogP contribution in [0.2, 0.25) is 0 Å². The van der Waals surface area contributed by atoms with E-state index >= 15 is 0 Å². The van der Waals surface area contributed by atoms with Gasteiger partial charge in [0.1, 0.15) is 0 Å². The smallest absolute Gasteiger partial charge is 0.369 e. The van der Waals surface area contributed by atoms with Gasteiger partial charge in [-0.25, -0.2) is 0 Å². The van der Waals surface area contributed by atoms with Gasteiger partial charge in [-0.2, -0.15) is 13.2 Å². The van der Waals surface area contributed by atoms with Crippen LogP contribution in [0.3, 0.4) is 0 Å². The molecule has 1 unspecified atom stereocenters. The molecule has 178 valence electrons. The first-order valence-corrected chi connectivity index (χ1v) is 11.8. The molecular formula is C23H27F3N4O2S. The van der Waals surface area contributed by atoms with E-state index in [9.17, 15) is 22.8 Å². The molecule has 1 saturated heterocycles. The Labute approximate surface area is 195 Å². The van der Waals surface area contributed by atoms with Crippen molar-refractivity contribution < 1.29 is 22.8 Å². The second-order valence-electron chi connectivity index (χ2n) is 8.42. The molecule has 0 bridgehead atoms. The molecule has 2 aliphatic heterocycles. The lowest BCUT2D eigenvalue weighted by Crippen LogP contribution is -2.49. The van der Waals surface area contributed by atoms with Gasteiger partial charge in [-0.3, -0.25) is 14.5 Å². The van der Waals surface area contributed by atoms with Crippen molar-refractivity contribution in [1.29, 1.82) is 0 Å². The van der Waals surface area contributed by atoms with Gasteiger partial charge in [-0.05, 0) is 36.8 Å². The Morgan fingerprint density at radius 2 is 1.94 bits per heavy atom. The van der Waals surface area contributed by atoms with E-state index in [1.54, 1.807) is 23.9 Å². The van der Waals surface area contributed by atoms with Crippen LogP contribution >= 0.6 is 11.8 Å². The van der Waals surface area contributed by atoms with Gasteiger partial charge in [0, 0.05) is 62.5 Å². The van der Waals surface area contributed by atoms with E-state index in [2.05, 4.69) is 10.2 Å². The zero-order valence-electron chi connectivity index (χ0n) is 18.4. The Morgan fingerprint density at radius 1 is 1.18 bits per heavy atom. The number of likely N-dealkylation sites (N-methyl/N-ethyl adjacent to an activating group) is 1. The fourth-order valence-electron chi connectivity index (χ4n) is 4.28. The van der Waals surface area contributed by atoms with Gasteiger partial charge in [0.25, 0.3) is 0 Å². The summed E-state index contributed by atoms with van der Waals surface area (Å²) in [5.41, 5.74) is 1.00. The van der Waals surface area contributed by atoms with Gasteiger partial charge in [0.05, 0.1) is 17.5 Å². The number of alkyl halides is 3. The van der Waals surface area contributed by atoms with E-state index in [1.807, 2.05) is 22.9 Å². The number of benzene rings is 1. The van der Waals surface area contributed by atoms with E-state index in [4.69, 9.17) is 0 Å². The number of amides is 1. The quantitative estimate of drug-likeness (QED) is 0.676. The maximum absolute atomic E-state index is 13.0. The summed E-state index contributed by atoms with van der Waals surface area (Å²) >= 11 is 1.69. The van der Waals surface area contributed by atoms with Crippen molar-refractivity contribution in [3.63, 3.8) is 0 Å². The number of rotatable bonds is 6. The van der Waals surface area contributed by atoms with Crippen LogP contribution in [0.25, 0.3) is 0 Å². The molecule has 1 fully saturated rings. The zero-order valence-corrected chi connectivity index (χ0v) is 19.2. The van der Waals surface area contributed by atoms with E-state index in [1.165, 1.54) is 12.1 Å². The number of piperazine rings is 1. The Kier molecular flexibility index (Phi) is 7.04. The van der Waals surface area contributed by atoms with Crippen molar-refractivity contribution >= 4 is 29.1 Å². The number of nitrogens with zero attached hydrogens (tertiary/aromatic N) is 3. The lowest BCUT2D eigenvalue weighted by Gasteiger charge is -2.36. The van der Waals surface area contributed by atoms with E-state index in [0.717, 1.165) is 23.1 Å². The monoisotopic (exact) mass is 480 g/mol. The predicted molar refractivity (Wildman–Crippen MR) is 123 cm³/mol. The van der Waals surface area contributed by atoms with Gasteiger partial charge in [-0.1, -0.05) is 6.07 Å². The van der Waals surface area contributed by atoms with Gasteiger partial charge in [-0.15, -0.1) is 11.8 Å². The number of allylic oxidation sites excluding steroid dienone is 3. The van der Waals surface area contributed by atoms with Crippen molar-refractivity contribution in [3.05, 3.63) is 52.6 Å². The first kappa shape index (κ1) is 23.7. The number of halogens is 3. The number of hydrogen-bond acceptors (Lipinski definition) is 6. The number of carbonyl (C=O) groups excluding carboxylic acids is 2. The van der Waals surface area contributed by atoms with Crippen molar-refractivity contribution in [3.8, 4) is 0 Å². The summed E-state index contributed by atoms with van der Waals surface area (Å²) in [6.07, 6.45) is 0.352. The van der Waals surface area contributed by atoms with E-state index in [-0.39, 0.29) is 23.6 Å². The van der Waals surface area contributed by atoms with Crippen molar-refractivity contribution in [2.45, 2.75) is 24.4 Å². The van der Waals surface area contributed by atoms with E-state index < -0.39 is 11.7 Å². The first-order valence-electron chi connectivity index (χ1n) is 11.0. The number of carbonyl (C=O) groups is 2. The number of ketones is 1. The molecule has 0 radical (unpaired) electrons. The first-order chi connectivity index (χ1) is 15.7. The fourth-order valence-corrected chi connectivity index (χ4v) is 5.67. The molecule has 1 atom stereocenters. The van der Waals surface area contributed by atoms with Crippen LogP contribution in [0.4, 0.5) is 18.9 Å². The molecule has 0 spiro atoms. The lowest BCUT2D eigenvalue weighted by atomic mass is 10.1. The van der Waals surface area contributed by atoms with Gasteiger partial charge in [0.15, 0.2) is 5.78 Å². The highest BCUT2D eigenvalue weighted by molar-refractivity contribution is 8.03. The van der Waals surface area contributed by atoms with Crippen LogP contribution in [0.1, 0.15) is 18.4 Å². The standard InChI is InChI=1S/C23H27F3N4O2S/c1-28-19-6-5-18(31)14-20(19)33-22(28)7-8-27-21(32)15-29-9-11-30(12-10-29)17-4-2-3-16(13-17)23(24,25)26/h2-6,13,22H,7-12,14-15H2,1H3,(H,27,32). The van der Waals surface area contributed by atoms with Crippen LogP contribution in [-0.4, -0.2) is 73.2 Å². The number of hydrogen-bond donors (Lipinski definition) is 1. The molecule has 6 nitrogen and oxygen atoms in total. The Morgan fingerprint density at radius 3 is 2.67 bits per heavy atom. The average Bonchev–Trinajstić information content (AvgIpc) is 3.08. The highest BCUT2D eigenvalue weighted by Gasteiger charge is 2.32. The normalized spacial score (nSPS) is 21.6. The SMILES string of the molecule is CN1C2=C(CC(=O)C=C2)SC1CCNC(=O)CN1CCN(c2cccc(C(F)(F)F)c2)CC1. The topological polar surface area (TPSA) is 55.9 Å².